The maximum absolute atomic E-state index is 12.3. The third-order valence-corrected chi connectivity index (χ3v) is 3.90. The molecule has 1 saturated heterocycles. The van der Waals surface area contributed by atoms with Crippen LogP contribution in [0.2, 0.25) is 5.02 Å². The summed E-state index contributed by atoms with van der Waals surface area (Å²) in [5, 5.41) is 3.59. The van der Waals surface area contributed by atoms with E-state index in [1.807, 2.05) is 31.2 Å². The van der Waals surface area contributed by atoms with Gasteiger partial charge in [0.2, 0.25) is 5.91 Å². The molecule has 5 heteroatoms. The fraction of sp³-hybridized carbons (Fsp3) is 0.500. The fourth-order valence-electron chi connectivity index (χ4n) is 2.21. The van der Waals surface area contributed by atoms with Crippen LogP contribution in [-0.4, -0.2) is 24.7 Å². The van der Waals surface area contributed by atoms with Gasteiger partial charge in [0, 0.05) is 18.2 Å². The van der Waals surface area contributed by atoms with Crippen molar-refractivity contribution in [1.29, 1.82) is 0 Å². The molecule has 1 aliphatic heterocycles. The summed E-state index contributed by atoms with van der Waals surface area (Å²) in [6, 6.07) is 7.32. The van der Waals surface area contributed by atoms with Crippen molar-refractivity contribution in [3.63, 3.8) is 0 Å². The minimum Gasteiger partial charge on any atom is -0.381 e. The second kappa shape index (κ2) is 5.90. The topological polar surface area (TPSA) is 64.4 Å². The Morgan fingerprint density at radius 2 is 2.05 bits per heavy atom. The van der Waals surface area contributed by atoms with Crippen molar-refractivity contribution < 1.29 is 9.53 Å². The smallest absolute Gasteiger partial charge is 0.240 e. The van der Waals surface area contributed by atoms with E-state index in [4.69, 9.17) is 22.1 Å². The predicted octanol–water partition coefficient (Wildman–Crippen LogP) is 2.03. The number of nitrogens with one attached hydrogen (secondary N) is 1. The number of benzene rings is 1. The van der Waals surface area contributed by atoms with E-state index in [1.165, 1.54) is 0 Å². The SMILES string of the molecule is C[C@@H](NC(=O)C1(N)CCOCC1)c1ccccc1Cl. The fourth-order valence-corrected chi connectivity index (χ4v) is 2.51. The van der Waals surface area contributed by atoms with Crippen LogP contribution in [0.25, 0.3) is 0 Å². The van der Waals surface area contributed by atoms with E-state index in [2.05, 4.69) is 5.32 Å². The summed E-state index contributed by atoms with van der Waals surface area (Å²) >= 11 is 6.12. The van der Waals surface area contributed by atoms with Gasteiger partial charge in [-0.15, -0.1) is 0 Å². The molecule has 0 radical (unpaired) electrons. The Balaban J connectivity index is 2.04. The van der Waals surface area contributed by atoms with Crippen molar-refractivity contribution >= 4 is 17.5 Å². The zero-order valence-electron chi connectivity index (χ0n) is 11.0. The summed E-state index contributed by atoms with van der Waals surface area (Å²) in [7, 11) is 0. The molecule has 1 aliphatic rings. The molecule has 0 unspecified atom stereocenters. The van der Waals surface area contributed by atoms with E-state index in [-0.39, 0.29) is 11.9 Å². The first-order valence-corrected chi connectivity index (χ1v) is 6.83. The van der Waals surface area contributed by atoms with E-state index in [1.54, 1.807) is 0 Å². The first-order chi connectivity index (χ1) is 9.03. The summed E-state index contributed by atoms with van der Waals surface area (Å²) < 4.78 is 5.24. The molecule has 0 saturated carbocycles. The lowest BCUT2D eigenvalue weighted by atomic mass is 9.90. The molecule has 3 N–H and O–H groups in total. The Morgan fingerprint density at radius 1 is 1.42 bits per heavy atom. The Labute approximate surface area is 118 Å². The van der Waals surface area contributed by atoms with Crippen LogP contribution in [0.5, 0.6) is 0 Å². The van der Waals surface area contributed by atoms with Crippen LogP contribution in [0, 0.1) is 0 Å². The van der Waals surface area contributed by atoms with Gasteiger partial charge in [-0.05, 0) is 31.4 Å². The normalized spacial score (nSPS) is 19.7. The van der Waals surface area contributed by atoms with Crippen LogP contribution in [0.3, 0.4) is 0 Å². The first-order valence-electron chi connectivity index (χ1n) is 6.45. The minimum absolute atomic E-state index is 0.136. The van der Waals surface area contributed by atoms with E-state index in [0.717, 1.165) is 5.56 Å². The zero-order valence-corrected chi connectivity index (χ0v) is 11.7. The van der Waals surface area contributed by atoms with Gasteiger partial charge in [0.05, 0.1) is 11.6 Å². The second-order valence-corrected chi connectivity index (χ2v) is 5.39. The Kier molecular flexibility index (Phi) is 4.45. The highest BCUT2D eigenvalue weighted by atomic mass is 35.5. The third kappa shape index (κ3) is 3.26. The number of rotatable bonds is 3. The molecule has 1 heterocycles. The van der Waals surface area contributed by atoms with E-state index >= 15 is 0 Å². The van der Waals surface area contributed by atoms with Gasteiger partial charge in [0.15, 0.2) is 0 Å². The van der Waals surface area contributed by atoms with Gasteiger partial charge in [0.25, 0.3) is 0 Å². The molecule has 1 amide bonds. The summed E-state index contributed by atoms with van der Waals surface area (Å²) in [5.74, 6) is -0.136. The van der Waals surface area contributed by atoms with Crippen molar-refractivity contribution in [2.45, 2.75) is 31.3 Å². The van der Waals surface area contributed by atoms with Crippen LogP contribution >= 0.6 is 11.6 Å². The van der Waals surface area contributed by atoms with Crippen LogP contribution in [0.4, 0.5) is 0 Å². The quantitative estimate of drug-likeness (QED) is 0.891. The molecule has 1 atom stereocenters. The summed E-state index contributed by atoms with van der Waals surface area (Å²) in [4.78, 5) is 12.3. The van der Waals surface area contributed by atoms with E-state index < -0.39 is 5.54 Å². The highest BCUT2D eigenvalue weighted by Crippen LogP contribution is 2.24. The monoisotopic (exact) mass is 282 g/mol. The average molecular weight is 283 g/mol. The van der Waals surface area contributed by atoms with Crippen molar-refractivity contribution in [3.8, 4) is 0 Å². The predicted molar refractivity (Wildman–Crippen MR) is 75.0 cm³/mol. The van der Waals surface area contributed by atoms with Crippen LogP contribution < -0.4 is 11.1 Å². The molecular weight excluding hydrogens is 264 g/mol. The standard InChI is InChI=1S/C14H19ClN2O2/c1-10(11-4-2-3-5-12(11)15)17-13(18)14(16)6-8-19-9-7-14/h2-5,10H,6-9,16H2,1H3,(H,17,18)/t10-/m1/s1. The molecule has 0 aliphatic carbocycles. The zero-order chi connectivity index (χ0) is 13.9. The Hall–Kier alpha value is -1.10. The maximum atomic E-state index is 12.3. The molecular formula is C14H19ClN2O2. The van der Waals surface area contributed by atoms with Crippen LogP contribution in [0.15, 0.2) is 24.3 Å². The second-order valence-electron chi connectivity index (χ2n) is 4.99. The molecule has 0 bridgehead atoms. The number of carbonyl (C=O) groups is 1. The number of ether oxygens (including phenoxy) is 1. The Bertz CT molecular complexity index is 459. The molecule has 2 rings (SSSR count). The maximum Gasteiger partial charge on any atom is 0.240 e. The lowest BCUT2D eigenvalue weighted by Crippen LogP contribution is -2.57. The molecule has 1 fully saturated rings. The number of nitrogens with two attached hydrogens (primary N) is 1. The molecule has 104 valence electrons. The van der Waals surface area contributed by atoms with Gasteiger partial charge in [0.1, 0.15) is 0 Å². The molecule has 19 heavy (non-hydrogen) atoms. The highest BCUT2D eigenvalue weighted by Gasteiger charge is 2.36. The van der Waals surface area contributed by atoms with Gasteiger partial charge in [-0.25, -0.2) is 0 Å². The number of amides is 1. The van der Waals surface area contributed by atoms with Gasteiger partial charge in [-0.2, -0.15) is 0 Å². The van der Waals surface area contributed by atoms with Crippen molar-refractivity contribution in [3.05, 3.63) is 34.9 Å². The molecule has 4 nitrogen and oxygen atoms in total. The number of hydrogen-bond donors (Lipinski definition) is 2. The Morgan fingerprint density at radius 3 is 2.68 bits per heavy atom. The van der Waals surface area contributed by atoms with Gasteiger partial charge in [-0.3, -0.25) is 4.79 Å². The molecule has 1 aromatic carbocycles. The third-order valence-electron chi connectivity index (χ3n) is 3.56. The minimum atomic E-state index is -0.826. The number of hydrogen-bond acceptors (Lipinski definition) is 3. The number of carbonyl (C=O) groups excluding carboxylic acids is 1. The number of halogens is 1. The molecule has 1 aromatic rings. The van der Waals surface area contributed by atoms with Gasteiger partial charge < -0.3 is 15.8 Å². The summed E-state index contributed by atoms with van der Waals surface area (Å²) in [6.45, 7) is 2.97. The van der Waals surface area contributed by atoms with Gasteiger partial charge in [-0.1, -0.05) is 29.8 Å². The average Bonchev–Trinajstić information content (AvgIpc) is 2.40. The lowest BCUT2D eigenvalue weighted by Gasteiger charge is -2.33. The van der Waals surface area contributed by atoms with Crippen LogP contribution in [0.1, 0.15) is 31.4 Å². The van der Waals surface area contributed by atoms with Crippen LogP contribution in [-0.2, 0) is 9.53 Å². The van der Waals surface area contributed by atoms with E-state index in [0.29, 0.717) is 31.1 Å². The summed E-state index contributed by atoms with van der Waals surface area (Å²) in [6.07, 6.45) is 1.10. The van der Waals surface area contributed by atoms with E-state index in [9.17, 15) is 4.79 Å². The molecule has 0 spiro atoms. The van der Waals surface area contributed by atoms with Crippen molar-refractivity contribution in [2.24, 2.45) is 5.73 Å². The summed E-state index contributed by atoms with van der Waals surface area (Å²) in [5.41, 5.74) is 6.21. The lowest BCUT2D eigenvalue weighted by molar-refractivity contribution is -0.130. The first kappa shape index (κ1) is 14.3. The highest BCUT2D eigenvalue weighted by molar-refractivity contribution is 6.31. The molecule has 0 aromatic heterocycles. The largest absolute Gasteiger partial charge is 0.381 e. The van der Waals surface area contributed by atoms with Crippen molar-refractivity contribution in [2.75, 3.05) is 13.2 Å². The van der Waals surface area contributed by atoms with Crippen molar-refractivity contribution in [1.82, 2.24) is 5.32 Å². The van der Waals surface area contributed by atoms with Gasteiger partial charge >= 0.3 is 0 Å².